The third-order valence-corrected chi connectivity index (χ3v) is 6.46. The fraction of sp³-hybridized carbons (Fsp3) is 1.00. The molecule has 4 nitrogen and oxygen atoms in total. The van der Waals surface area contributed by atoms with E-state index in [1.807, 2.05) is 0 Å². The molecule has 27 heteroatoms. The van der Waals surface area contributed by atoms with Crippen LogP contribution in [0, 0.1) is 0 Å². The van der Waals surface area contributed by atoms with Gasteiger partial charge in [0.25, 0.3) is 0 Å². The molecule has 0 rings (SSSR count). The number of aliphatic hydroxyl groups excluding tert-OH is 3. The van der Waals surface area contributed by atoms with Crippen LogP contribution in [0.2, 0.25) is 0 Å². The molecule has 1 atom stereocenters. The quantitative estimate of drug-likeness (QED) is 0.133. The minimum Gasteiger partial charge on any atom is -0.391 e. The fourth-order valence-electron chi connectivity index (χ4n) is 3.72. The molecule has 0 saturated heterocycles. The van der Waals surface area contributed by atoms with Crippen LogP contribution in [0.15, 0.2) is 0 Å². The molecule has 0 aliphatic carbocycles. The maximum Gasteiger partial charge on any atom is 0.438 e. The van der Waals surface area contributed by atoms with Crippen molar-refractivity contribution in [2.45, 2.75) is 77.9 Å². The molecule has 0 saturated carbocycles. The molecule has 0 aliphatic heterocycles. The Morgan fingerprint density at radius 3 is 0.978 bits per heavy atom. The van der Waals surface area contributed by atoms with Gasteiger partial charge in [-0.25, -0.2) is 4.39 Å². The molecule has 0 amide bonds. The van der Waals surface area contributed by atoms with Gasteiger partial charge in [0, 0.05) is 6.42 Å². The van der Waals surface area contributed by atoms with Gasteiger partial charge in [-0.05, 0) is 0 Å². The van der Waals surface area contributed by atoms with Gasteiger partial charge in [0.2, 0.25) is 0 Å². The highest BCUT2D eigenvalue weighted by atomic mass is 19.4. The second-order valence-corrected chi connectivity index (χ2v) is 9.93. The van der Waals surface area contributed by atoms with E-state index in [2.05, 4.69) is 0 Å². The number of rotatable bonds is 16. The van der Waals surface area contributed by atoms with E-state index in [1.54, 1.807) is 0 Å². The van der Waals surface area contributed by atoms with Crippen molar-refractivity contribution >= 4 is 0 Å². The molecule has 0 aromatic carbocycles. The molecule has 0 radical (unpaired) electrons. The van der Waals surface area contributed by atoms with Crippen molar-refractivity contribution in [1.82, 2.24) is 0 Å². The largest absolute Gasteiger partial charge is 0.438 e. The third kappa shape index (κ3) is 6.36. The van der Waals surface area contributed by atoms with Crippen LogP contribution in [-0.4, -0.2) is 131 Å². The molecule has 0 fully saturated rings. The van der Waals surface area contributed by atoms with E-state index in [0.29, 0.717) is 0 Å². The lowest BCUT2D eigenvalue weighted by Gasteiger charge is -2.46. The zero-order valence-corrected chi connectivity index (χ0v) is 21.8. The zero-order chi connectivity index (χ0) is 37.8. The number of hydrogen-bond donors (Lipinski definition) is 3. The lowest BCUT2D eigenvalue weighted by molar-refractivity contribution is -0.913. The Kier molecular flexibility index (Phi) is 11.8. The maximum atomic E-state index is 14.1. The van der Waals surface area contributed by atoms with Gasteiger partial charge in [0.1, 0.15) is 25.7 Å². The average Bonchev–Trinajstić information content (AvgIpc) is 2.80. The van der Waals surface area contributed by atoms with Crippen LogP contribution in [0.5, 0.6) is 0 Å². The second-order valence-electron chi connectivity index (χ2n) is 9.93. The Morgan fingerprint density at radius 1 is 0.457 bits per heavy atom. The van der Waals surface area contributed by atoms with E-state index >= 15 is 0 Å². The first kappa shape index (κ1) is 44.2. The number of likely N-dealkylation sites (N-methyl/N-ethyl adjacent to an activating group) is 1. The summed E-state index contributed by atoms with van der Waals surface area (Å²) in [5.74, 6) is -71.4. The van der Waals surface area contributed by atoms with Crippen LogP contribution < -0.4 is 0 Å². The van der Waals surface area contributed by atoms with Gasteiger partial charge in [-0.2, -0.15) is 96.6 Å². The van der Waals surface area contributed by atoms with Gasteiger partial charge in [0.15, 0.2) is 0 Å². The van der Waals surface area contributed by atoms with E-state index in [-0.39, 0.29) is 0 Å². The van der Waals surface area contributed by atoms with Crippen LogP contribution in [-0.2, 0) is 0 Å². The summed E-state index contributed by atoms with van der Waals surface area (Å²) in [6.45, 7) is -4.56. The summed E-state index contributed by atoms with van der Waals surface area (Å²) in [4.78, 5) is 0. The summed E-state index contributed by atoms with van der Waals surface area (Å²) in [6, 6.07) is 0. The SMILES string of the molecule is C[N+](CCO)(CCO)CC(O)CC(F)(F)C(F)(F)C(F)(F)C(F)(F)C(F)(F)C(F)(F)C(F)(F)C(F)(F)C(F)(C(F)(F)F)C(F)(F)F. The Bertz CT molecular complexity index is 1020. The van der Waals surface area contributed by atoms with Crippen molar-refractivity contribution in [3.63, 3.8) is 0 Å². The Balaban J connectivity index is 7.09. The highest BCUT2D eigenvalue weighted by molar-refractivity contribution is 5.20. The van der Waals surface area contributed by atoms with Gasteiger partial charge in [-0.3, -0.25) is 0 Å². The Morgan fingerprint density at radius 2 is 0.717 bits per heavy atom. The first-order valence-corrected chi connectivity index (χ1v) is 11.3. The third-order valence-electron chi connectivity index (χ3n) is 6.46. The van der Waals surface area contributed by atoms with Gasteiger partial charge in [0.05, 0.1) is 20.3 Å². The molecule has 0 spiro atoms. The smallest absolute Gasteiger partial charge is 0.391 e. The molecular formula is C19H19F23NO3+. The number of nitrogens with zero attached hydrogens (tertiary/aromatic N) is 1. The molecule has 46 heavy (non-hydrogen) atoms. The van der Waals surface area contributed by atoms with Crippen LogP contribution in [0.25, 0.3) is 0 Å². The second kappa shape index (κ2) is 12.3. The van der Waals surface area contributed by atoms with Crippen molar-refractivity contribution in [1.29, 1.82) is 0 Å². The molecular weight excluding hydrogens is 727 g/mol. The van der Waals surface area contributed by atoms with Crippen molar-refractivity contribution in [3.8, 4) is 0 Å². The summed E-state index contributed by atoms with van der Waals surface area (Å²) in [7, 11) is 0.844. The monoisotopic (exact) mass is 746 g/mol. The first-order valence-electron chi connectivity index (χ1n) is 11.3. The topological polar surface area (TPSA) is 60.7 Å². The van der Waals surface area contributed by atoms with Crippen LogP contribution in [0.1, 0.15) is 6.42 Å². The maximum absolute atomic E-state index is 14.1. The summed E-state index contributed by atoms with van der Waals surface area (Å²) < 4.78 is 310. The number of alkyl halides is 23. The van der Waals surface area contributed by atoms with Gasteiger partial charge >= 0.3 is 65.4 Å². The Labute approximate surface area is 239 Å². The highest BCUT2D eigenvalue weighted by Crippen LogP contribution is 2.68. The summed E-state index contributed by atoms with van der Waals surface area (Å²) in [6.07, 6.45) is -23.5. The van der Waals surface area contributed by atoms with Gasteiger partial charge < -0.3 is 19.8 Å². The summed E-state index contributed by atoms with van der Waals surface area (Å²) >= 11 is 0. The van der Waals surface area contributed by atoms with Crippen molar-refractivity contribution in [3.05, 3.63) is 0 Å². The van der Waals surface area contributed by atoms with Crippen molar-refractivity contribution in [2.75, 3.05) is 39.9 Å². The number of halogens is 23. The molecule has 3 N–H and O–H groups in total. The normalized spacial score (nSPS) is 17.0. The fourth-order valence-corrected chi connectivity index (χ4v) is 3.72. The summed E-state index contributed by atoms with van der Waals surface area (Å²) in [5.41, 5.74) is -9.07. The number of aliphatic hydroxyl groups is 3. The van der Waals surface area contributed by atoms with Crippen LogP contribution >= 0.6 is 0 Å². The molecule has 0 aromatic rings. The average molecular weight is 746 g/mol. The first-order chi connectivity index (χ1) is 19.7. The van der Waals surface area contributed by atoms with Crippen LogP contribution in [0.3, 0.4) is 0 Å². The van der Waals surface area contributed by atoms with E-state index in [1.165, 1.54) is 0 Å². The standard InChI is InChI=1S/C19H19F23NO3/c1-43(2-4-44,3-5-45)7-8(46)6-9(20,21)11(23,24)13(27,28)15(31,32)17(35,36)16(33,34)14(29,30)12(25,26)10(22,18(37,38)39)19(40,41)42/h8,44-46H,2-7H2,1H3/q+1. The van der Waals surface area contributed by atoms with E-state index in [0.717, 1.165) is 7.05 Å². The van der Waals surface area contributed by atoms with Gasteiger partial charge in [-0.1, -0.05) is 0 Å². The summed E-state index contributed by atoms with van der Waals surface area (Å²) in [5, 5.41) is 27.4. The lowest BCUT2D eigenvalue weighted by Crippen LogP contribution is -2.79. The predicted molar refractivity (Wildman–Crippen MR) is 101 cm³/mol. The van der Waals surface area contributed by atoms with Crippen molar-refractivity contribution < 1.29 is 121 Å². The molecule has 0 bridgehead atoms. The van der Waals surface area contributed by atoms with Gasteiger partial charge in [-0.15, -0.1) is 0 Å². The Hall–Kier alpha value is -1.77. The van der Waals surface area contributed by atoms with E-state index in [4.69, 9.17) is 10.2 Å². The molecule has 0 aliphatic rings. The number of hydrogen-bond acceptors (Lipinski definition) is 3. The minimum absolute atomic E-state index is 0.656. The van der Waals surface area contributed by atoms with E-state index in [9.17, 15) is 106 Å². The molecule has 0 aromatic heterocycles. The van der Waals surface area contributed by atoms with Crippen molar-refractivity contribution in [2.24, 2.45) is 0 Å². The van der Waals surface area contributed by atoms with E-state index < -0.39 is 115 Å². The highest BCUT2D eigenvalue weighted by Gasteiger charge is 3.00. The number of quaternary nitrogens is 1. The lowest BCUT2D eigenvalue weighted by atomic mass is 9.82. The van der Waals surface area contributed by atoms with Crippen LogP contribution in [0.4, 0.5) is 101 Å². The predicted octanol–water partition coefficient (Wildman–Crippen LogP) is 6.08. The molecule has 278 valence electrons. The molecule has 1 unspecified atom stereocenters. The molecule has 0 heterocycles. The zero-order valence-electron chi connectivity index (χ0n) is 21.8. The minimum atomic E-state index is -9.54.